The predicted molar refractivity (Wildman–Crippen MR) is 232 cm³/mol. The van der Waals surface area contributed by atoms with Crippen LogP contribution < -0.4 is 20.3 Å². The molecule has 2 aliphatic heterocycles. The normalized spacial score (nSPS) is 15.6. The standard InChI is InChI=1S/C44H44Cl3N7O4/c1-27(33-11-8-29(45)22-35(33)47)54-26-49-41(28-6-4-3-5-7-28)43(54)40-34-12-9-30(46)23-36(34)50-42(40)44(56)51-37-24-32(58-21-20-57-2)10-13-38(37)52-17-14-31(15-18-52)53-19-16-48-25-39(53)55/h3-13,22-24,26-27,31,48,50H,14-21,25H2,1-2H3,(H,51,56)/t27-/m0/s1. The summed E-state index contributed by atoms with van der Waals surface area (Å²) in [6, 6.07) is 26.6. The van der Waals surface area contributed by atoms with Crippen molar-refractivity contribution in [2.45, 2.75) is 31.8 Å². The summed E-state index contributed by atoms with van der Waals surface area (Å²) in [6.45, 7) is 6.14. The SMILES string of the molecule is COCCOc1ccc(N2CCC(N3CCNCC3=O)CC2)c(NC(=O)c2[nH]c3cc(Cl)ccc3c2-c2c(-c3ccccc3)ncn2[C@@H](C)c2ccc(Cl)cc2Cl)c1. The van der Waals surface area contributed by atoms with Crippen LogP contribution in [0.5, 0.6) is 5.75 Å². The number of nitrogens with zero attached hydrogens (tertiary/aromatic N) is 4. The van der Waals surface area contributed by atoms with Gasteiger partial charge in [-0.2, -0.15) is 0 Å². The number of fused-ring (bicyclic) bond motifs is 1. The van der Waals surface area contributed by atoms with Crippen molar-refractivity contribution in [2.75, 3.05) is 63.3 Å². The van der Waals surface area contributed by atoms with Crippen molar-refractivity contribution in [3.8, 4) is 28.3 Å². The Bertz CT molecular complexity index is 2440. The number of halogens is 3. The molecule has 0 bridgehead atoms. The summed E-state index contributed by atoms with van der Waals surface area (Å²) in [7, 11) is 1.63. The number of nitrogens with one attached hydrogen (secondary N) is 3. The fraction of sp³-hybridized carbons (Fsp3) is 0.295. The van der Waals surface area contributed by atoms with Gasteiger partial charge in [0.2, 0.25) is 5.91 Å². The molecule has 0 radical (unpaired) electrons. The van der Waals surface area contributed by atoms with Crippen molar-refractivity contribution in [1.82, 2.24) is 24.8 Å². The quantitative estimate of drug-likeness (QED) is 0.105. The largest absolute Gasteiger partial charge is 0.491 e. The molecule has 300 valence electrons. The Morgan fingerprint density at radius 1 is 0.948 bits per heavy atom. The molecule has 0 spiro atoms. The molecule has 2 fully saturated rings. The number of amides is 2. The van der Waals surface area contributed by atoms with E-state index in [1.807, 2.05) is 90.7 Å². The highest BCUT2D eigenvalue weighted by Crippen LogP contribution is 2.43. The molecule has 0 unspecified atom stereocenters. The van der Waals surface area contributed by atoms with E-state index in [-0.39, 0.29) is 23.9 Å². The Balaban J connectivity index is 1.21. The molecular weight excluding hydrogens is 797 g/mol. The highest BCUT2D eigenvalue weighted by Gasteiger charge is 2.32. The Morgan fingerprint density at radius 3 is 2.48 bits per heavy atom. The fourth-order valence-corrected chi connectivity index (χ4v) is 8.86. The number of aromatic amines is 1. The number of ether oxygens (including phenoxy) is 2. The number of rotatable bonds is 12. The molecule has 2 saturated heterocycles. The third-order valence-corrected chi connectivity index (χ3v) is 11.8. The number of methoxy groups -OCH3 is 1. The average molecular weight is 841 g/mol. The van der Waals surface area contributed by atoms with Crippen LogP contribution in [-0.2, 0) is 9.53 Å². The number of benzene rings is 4. The molecule has 8 rings (SSSR count). The molecule has 4 heterocycles. The summed E-state index contributed by atoms with van der Waals surface area (Å²) in [5, 5.41) is 8.83. The van der Waals surface area contributed by atoms with E-state index in [1.165, 1.54) is 0 Å². The van der Waals surface area contributed by atoms with Crippen LogP contribution in [0, 0.1) is 0 Å². The van der Waals surface area contributed by atoms with Crippen LogP contribution in [0.1, 0.15) is 41.9 Å². The summed E-state index contributed by atoms with van der Waals surface area (Å²) in [4.78, 5) is 40.4. The van der Waals surface area contributed by atoms with Gasteiger partial charge in [-0.15, -0.1) is 0 Å². The van der Waals surface area contributed by atoms with Crippen molar-refractivity contribution in [1.29, 1.82) is 0 Å². The first kappa shape index (κ1) is 39.8. The zero-order valence-corrected chi connectivity index (χ0v) is 34.5. The van der Waals surface area contributed by atoms with E-state index in [2.05, 4.69) is 25.1 Å². The molecule has 58 heavy (non-hydrogen) atoms. The van der Waals surface area contributed by atoms with Crippen LogP contribution in [0.2, 0.25) is 15.1 Å². The van der Waals surface area contributed by atoms with E-state index < -0.39 is 0 Å². The summed E-state index contributed by atoms with van der Waals surface area (Å²) >= 11 is 19.7. The van der Waals surface area contributed by atoms with Crippen LogP contribution in [0.4, 0.5) is 11.4 Å². The van der Waals surface area contributed by atoms with E-state index in [1.54, 1.807) is 19.5 Å². The number of imidazole rings is 1. The van der Waals surface area contributed by atoms with Gasteiger partial charge in [-0.05, 0) is 61.7 Å². The number of piperidine rings is 1. The van der Waals surface area contributed by atoms with Crippen molar-refractivity contribution in [2.24, 2.45) is 0 Å². The Labute approximate surface area is 352 Å². The first-order chi connectivity index (χ1) is 28.2. The van der Waals surface area contributed by atoms with Crippen LogP contribution in [-0.4, -0.2) is 90.3 Å². The molecule has 3 N–H and O–H groups in total. The molecular formula is C44H44Cl3N7O4. The second-order valence-electron chi connectivity index (χ2n) is 14.6. The highest BCUT2D eigenvalue weighted by molar-refractivity contribution is 6.35. The van der Waals surface area contributed by atoms with E-state index >= 15 is 4.79 Å². The van der Waals surface area contributed by atoms with Crippen LogP contribution in [0.15, 0.2) is 91.3 Å². The van der Waals surface area contributed by atoms with Crippen molar-refractivity contribution < 1.29 is 19.1 Å². The lowest BCUT2D eigenvalue weighted by atomic mass is 9.99. The number of piperazine rings is 1. The lowest BCUT2D eigenvalue weighted by molar-refractivity contribution is -0.134. The second kappa shape index (κ2) is 17.4. The van der Waals surface area contributed by atoms with Gasteiger partial charge in [0.1, 0.15) is 18.1 Å². The zero-order chi connectivity index (χ0) is 40.3. The van der Waals surface area contributed by atoms with Gasteiger partial charge in [0.25, 0.3) is 5.91 Å². The van der Waals surface area contributed by atoms with Gasteiger partial charge >= 0.3 is 0 Å². The number of hydrogen-bond donors (Lipinski definition) is 3. The maximum Gasteiger partial charge on any atom is 0.272 e. The molecule has 0 aliphatic carbocycles. The first-order valence-electron chi connectivity index (χ1n) is 19.4. The smallest absolute Gasteiger partial charge is 0.272 e. The third-order valence-electron chi connectivity index (χ3n) is 11.0. The number of hydrogen-bond acceptors (Lipinski definition) is 7. The minimum atomic E-state index is -0.358. The lowest BCUT2D eigenvalue weighted by Crippen LogP contribution is -2.55. The number of H-pyrrole nitrogens is 1. The highest BCUT2D eigenvalue weighted by atomic mass is 35.5. The number of anilines is 2. The molecule has 2 aromatic heterocycles. The van der Waals surface area contributed by atoms with Gasteiger partial charge in [0.15, 0.2) is 0 Å². The van der Waals surface area contributed by atoms with E-state index in [9.17, 15) is 4.79 Å². The summed E-state index contributed by atoms with van der Waals surface area (Å²) in [5.41, 5.74) is 6.29. The Morgan fingerprint density at radius 2 is 1.72 bits per heavy atom. The van der Waals surface area contributed by atoms with Crippen LogP contribution in [0.25, 0.3) is 33.4 Å². The van der Waals surface area contributed by atoms with E-state index in [4.69, 9.17) is 49.3 Å². The lowest BCUT2D eigenvalue weighted by Gasteiger charge is -2.41. The van der Waals surface area contributed by atoms with Gasteiger partial charge in [-0.3, -0.25) is 9.59 Å². The summed E-state index contributed by atoms with van der Waals surface area (Å²) in [5.74, 6) is 0.384. The molecule has 11 nitrogen and oxygen atoms in total. The monoisotopic (exact) mass is 839 g/mol. The molecule has 2 aliphatic rings. The molecule has 2 amide bonds. The summed E-state index contributed by atoms with van der Waals surface area (Å²) < 4.78 is 13.3. The molecule has 6 aromatic rings. The molecule has 14 heteroatoms. The summed E-state index contributed by atoms with van der Waals surface area (Å²) in [6.07, 6.45) is 3.43. The van der Waals surface area contributed by atoms with Crippen LogP contribution in [0.3, 0.4) is 0 Å². The Hall–Kier alpha value is -5.04. The second-order valence-corrected chi connectivity index (χ2v) is 15.9. The van der Waals surface area contributed by atoms with Crippen LogP contribution >= 0.6 is 34.8 Å². The molecule has 4 aromatic carbocycles. The van der Waals surface area contributed by atoms with E-state index in [0.717, 1.165) is 60.4 Å². The van der Waals surface area contributed by atoms with Crippen molar-refractivity contribution in [3.05, 3.63) is 118 Å². The number of carbonyl (C=O) groups is 2. The topological polar surface area (TPSA) is 117 Å². The minimum absolute atomic E-state index is 0.146. The first-order valence-corrected chi connectivity index (χ1v) is 20.5. The maximum absolute atomic E-state index is 15.0. The predicted octanol–water partition coefficient (Wildman–Crippen LogP) is 8.95. The average Bonchev–Trinajstić information content (AvgIpc) is 3.83. The minimum Gasteiger partial charge on any atom is -0.491 e. The van der Waals surface area contributed by atoms with E-state index in [0.29, 0.717) is 75.3 Å². The number of aromatic nitrogens is 3. The fourth-order valence-electron chi connectivity index (χ4n) is 8.12. The molecule has 1 atom stereocenters. The third kappa shape index (κ3) is 8.15. The number of carbonyl (C=O) groups excluding carboxylic acids is 2. The van der Waals surface area contributed by atoms with Gasteiger partial charge in [0.05, 0.1) is 48.3 Å². The van der Waals surface area contributed by atoms with Gasteiger partial charge < -0.3 is 39.5 Å². The van der Waals surface area contributed by atoms with Crippen molar-refractivity contribution >= 4 is 68.9 Å². The van der Waals surface area contributed by atoms with Gasteiger partial charge in [-0.25, -0.2) is 4.98 Å². The Kier molecular flexibility index (Phi) is 12.0. The van der Waals surface area contributed by atoms with Gasteiger partial charge in [-0.1, -0.05) is 77.3 Å². The van der Waals surface area contributed by atoms with Crippen molar-refractivity contribution in [3.63, 3.8) is 0 Å². The zero-order valence-electron chi connectivity index (χ0n) is 32.2. The molecule has 0 saturated carbocycles. The maximum atomic E-state index is 15.0. The van der Waals surface area contributed by atoms with Gasteiger partial charge in [0, 0.05) is 82.5 Å².